The van der Waals surface area contributed by atoms with E-state index < -0.39 is 0 Å². The summed E-state index contributed by atoms with van der Waals surface area (Å²) in [6, 6.07) is 47.3. The molecule has 0 fully saturated rings. The Morgan fingerprint density at radius 2 is 0.943 bits per heavy atom. The van der Waals surface area contributed by atoms with Crippen molar-refractivity contribution in [3.8, 4) is 44.5 Å². The lowest BCUT2D eigenvalue weighted by Gasteiger charge is -2.17. The third-order valence-electron chi connectivity index (χ3n) is 6.35. The van der Waals surface area contributed by atoms with Gasteiger partial charge in [-0.1, -0.05) is 115 Å². The van der Waals surface area contributed by atoms with Crippen LogP contribution in [0.2, 0.25) is 0 Å². The molecule has 6 aromatic rings. The van der Waals surface area contributed by atoms with Gasteiger partial charge in [-0.25, -0.2) is 0 Å². The summed E-state index contributed by atoms with van der Waals surface area (Å²) in [7, 11) is 0. The molecule has 1 aromatic heterocycles. The zero-order chi connectivity index (χ0) is 22.7. The summed E-state index contributed by atoms with van der Waals surface area (Å²) in [5, 5.41) is 1.17. The largest absolute Gasteiger partial charge is 0.344 e. The van der Waals surface area contributed by atoms with Gasteiger partial charge in [-0.15, -0.1) is 0 Å². The fourth-order valence-electron chi connectivity index (χ4n) is 4.77. The summed E-state index contributed by atoms with van der Waals surface area (Å²) < 4.78 is 0. The number of nitrogens with zero attached hydrogens (tertiary/aromatic N) is 1. The number of benzene rings is 5. The minimum Gasteiger partial charge on any atom is -0.344 e. The van der Waals surface area contributed by atoms with Gasteiger partial charge in [-0.2, -0.15) is 0 Å². The van der Waals surface area contributed by atoms with Crippen molar-refractivity contribution in [3.05, 3.63) is 140 Å². The van der Waals surface area contributed by atoms with E-state index in [0.717, 1.165) is 5.52 Å². The highest BCUT2D eigenvalue weighted by atomic mass is 14.6. The fraction of sp³-hybridized carbons (Fsp3) is 0. The SMILES string of the molecule is N.c1ccc(-c2cccc(-c3cccc(-c4ccnc5ccccc45)c3)c2-c2ccccc2)cc1. The number of para-hydroxylation sites is 1. The van der Waals surface area contributed by atoms with Crippen LogP contribution in [0.4, 0.5) is 0 Å². The maximum atomic E-state index is 4.55. The lowest BCUT2D eigenvalue weighted by Crippen LogP contribution is -1.91. The second-order valence-electron chi connectivity index (χ2n) is 8.42. The first-order valence-corrected chi connectivity index (χ1v) is 11.6. The molecule has 0 unspecified atom stereocenters. The molecule has 0 radical (unpaired) electrons. The molecule has 168 valence electrons. The van der Waals surface area contributed by atoms with Gasteiger partial charge in [0.15, 0.2) is 0 Å². The summed E-state index contributed by atoms with van der Waals surface area (Å²) >= 11 is 0. The van der Waals surface area contributed by atoms with E-state index in [0.29, 0.717) is 0 Å². The molecule has 6 rings (SSSR count). The standard InChI is InChI=1S/C33H23N.H3N/c1-3-11-24(12-4-1)29-18-10-19-30(33(29)25-13-5-2-6-14-25)27-16-9-15-26(23-27)28-21-22-34-32-20-8-7-17-31(28)32;/h1-23H;1H3. The van der Waals surface area contributed by atoms with Gasteiger partial charge in [0, 0.05) is 11.6 Å². The number of hydrogen-bond acceptors (Lipinski definition) is 2. The number of aromatic nitrogens is 1. The minimum absolute atomic E-state index is 0. The van der Waals surface area contributed by atoms with E-state index in [-0.39, 0.29) is 6.15 Å². The van der Waals surface area contributed by atoms with Crippen LogP contribution >= 0.6 is 0 Å². The Hall–Kier alpha value is -4.53. The van der Waals surface area contributed by atoms with Gasteiger partial charge in [0.25, 0.3) is 0 Å². The topological polar surface area (TPSA) is 47.9 Å². The Morgan fingerprint density at radius 1 is 0.400 bits per heavy atom. The zero-order valence-electron chi connectivity index (χ0n) is 19.4. The Morgan fingerprint density at radius 3 is 1.69 bits per heavy atom. The first kappa shape index (κ1) is 22.3. The molecule has 0 bridgehead atoms. The molecule has 0 atom stereocenters. The zero-order valence-corrected chi connectivity index (χ0v) is 19.4. The van der Waals surface area contributed by atoms with E-state index in [2.05, 4.69) is 132 Å². The predicted molar refractivity (Wildman–Crippen MR) is 149 cm³/mol. The van der Waals surface area contributed by atoms with Gasteiger partial charge in [0.2, 0.25) is 0 Å². The van der Waals surface area contributed by atoms with Crippen molar-refractivity contribution in [3.63, 3.8) is 0 Å². The molecule has 2 heteroatoms. The maximum Gasteiger partial charge on any atom is 0.0708 e. The summed E-state index contributed by atoms with van der Waals surface area (Å²) in [4.78, 5) is 4.55. The van der Waals surface area contributed by atoms with Crippen LogP contribution in [-0.2, 0) is 0 Å². The van der Waals surface area contributed by atoms with E-state index in [9.17, 15) is 0 Å². The van der Waals surface area contributed by atoms with Crippen LogP contribution in [0.15, 0.2) is 140 Å². The van der Waals surface area contributed by atoms with Crippen molar-refractivity contribution in [1.82, 2.24) is 11.1 Å². The second-order valence-corrected chi connectivity index (χ2v) is 8.42. The predicted octanol–water partition coefficient (Wildman–Crippen LogP) is 9.06. The van der Waals surface area contributed by atoms with E-state index in [1.165, 1.54) is 49.9 Å². The van der Waals surface area contributed by atoms with Crippen LogP contribution in [0, 0.1) is 0 Å². The second kappa shape index (κ2) is 9.76. The van der Waals surface area contributed by atoms with Crippen molar-refractivity contribution in [2.45, 2.75) is 0 Å². The molecule has 0 saturated heterocycles. The average molecular weight is 451 g/mol. The van der Waals surface area contributed by atoms with Crippen LogP contribution in [0.25, 0.3) is 55.4 Å². The molecule has 0 aliphatic rings. The van der Waals surface area contributed by atoms with Gasteiger partial charge in [-0.3, -0.25) is 4.98 Å². The van der Waals surface area contributed by atoms with Gasteiger partial charge < -0.3 is 6.15 Å². The van der Waals surface area contributed by atoms with Crippen LogP contribution in [0.3, 0.4) is 0 Å². The lowest BCUT2D eigenvalue weighted by molar-refractivity contribution is 1.41. The van der Waals surface area contributed by atoms with Crippen LogP contribution in [0.1, 0.15) is 0 Å². The summed E-state index contributed by atoms with van der Waals surface area (Å²) in [6.07, 6.45) is 1.90. The molecule has 1 heterocycles. The number of fused-ring (bicyclic) bond motifs is 1. The fourth-order valence-corrected chi connectivity index (χ4v) is 4.77. The van der Waals surface area contributed by atoms with Crippen molar-refractivity contribution in [2.75, 3.05) is 0 Å². The van der Waals surface area contributed by atoms with Gasteiger partial charge >= 0.3 is 0 Å². The van der Waals surface area contributed by atoms with Crippen molar-refractivity contribution in [1.29, 1.82) is 0 Å². The highest BCUT2D eigenvalue weighted by Crippen LogP contribution is 2.41. The Bertz CT molecular complexity index is 1580. The van der Waals surface area contributed by atoms with Gasteiger partial charge in [0.1, 0.15) is 0 Å². The first-order chi connectivity index (χ1) is 16.9. The molecule has 2 nitrogen and oxygen atoms in total. The summed E-state index contributed by atoms with van der Waals surface area (Å²) in [5.41, 5.74) is 10.8. The van der Waals surface area contributed by atoms with E-state index >= 15 is 0 Å². The van der Waals surface area contributed by atoms with Crippen LogP contribution < -0.4 is 6.15 Å². The van der Waals surface area contributed by atoms with E-state index in [1.54, 1.807) is 0 Å². The van der Waals surface area contributed by atoms with Gasteiger partial charge in [-0.05, 0) is 62.7 Å². The Labute approximate surface area is 206 Å². The maximum absolute atomic E-state index is 4.55. The van der Waals surface area contributed by atoms with Crippen molar-refractivity contribution in [2.24, 2.45) is 0 Å². The normalized spacial score (nSPS) is 10.6. The average Bonchev–Trinajstić information content (AvgIpc) is 2.93. The molecule has 0 amide bonds. The number of rotatable bonds is 4. The quantitative estimate of drug-likeness (QED) is 0.291. The third kappa shape index (κ3) is 4.23. The van der Waals surface area contributed by atoms with E-state index in [4.69, 9.17) is 0 Å². The summed E-state index contributed by atoms with van der Waals surface area (Å²) in [5.74, 6) is 0. The molecule has 3 N–H and O–H groups in total. The van der Waals surface area contributed by atoms with Crippen molar-refractivity contribution >= 4 is 10.9 Å². The molecule has 0 aliphatic carbocycles. The molecule has 35 heavy (non-hydrogen) atoms. The minimum atomic E-state index is 0. The highest BCUT2D eigenvalue weighted by molar-refractivity contribution is 5.97. The molecule has 5 aromatic carbocycles. The lowest BCUT2D eigenvalue weighted by atomic mass is 9.87. The molecule has 0 aliphatic heterocycles. The van der Waals surface area contributed by atoms with Crippen molar-refractivity contribution < 1.29 is 0 Å². The smallest absolute Gasteiger partial charge is 0.0708 e. The van der Waals surface area contributed by atoms with Crippen LogP contribution in [0.5, 0.6) is 0 Å². The molecular weight excluding hydrogens is 424 g/mol. The third-order valence-corrected chi connectivity index (χ3v) is 6.35. The molecule has 0 spiro atoms. The monoisotopic (exact) mass is 450 g/mol. The Kier molecular flexibility index (Phi) is 6.21. The van der Waals surface area contributed by atoms with E-state index in [1.807, 2.05) is 12.3 Å². The van der Waals surface area contributed by atoms with Gasteiger partial charge in [0.05, 0.1) is 5.52 Å². The van der Waals surface area contributed by atoms with Crippen LogP contribution in [-0.4, -0.2) is 4.98 Å². The molecular formula is C33H26N2. The first-order valence-electron chi connectivity index (χ1n) is 11.6. The summed E-state index contributed by atoms with van der Waals surface area (Å²) in [6.45, 7) is 0. The highest BCUT2D eigenvalue weighted by Gasteiger charge is 2.14. The molecule has 0 saturated carbocycles. The number of hydrogen-bond donors (Lipinski definition) is 1. The number of pyridine rings is 1. The Balaban J connectivity index is 0.00000253.